The molecule has 4 heteroatoms. The van der Waals surface area contributed by atoms with E-state index in [4.69, 9.17) is 0 Å². The number of nitrogens with zero attached hydrogens (tertiary/aromatic N) is 1. The lowest BCUT2D eigenvalue weighted by Gasteiger charge is -2.11. The Morgan fingerprint density at radius 3 is 3.00 bits per heavy atom. The Morgan fingerprint density at radius 2 is 2.33 bits per heavy atom. The lowest BCUT2D eigenvalue weighted by molar-refractivity contribution is 0.0942. The van der Waals surface area contributed by atoms with Crippen LogP contribution < -0.4 is 10.6 Å². The summed E-state index contributed by atoms with van der Waals surface area (Å²) >= 11 is 0. The Balaban J connectivity index is 1.87. The Labute approximate surface area is 108 Å². The summed E-state index contributed by atoms with van der Waals surface area (Å²) in [5.74, 6) is 1.36. The van der Waals surface area contributed by atoms with Crippen molar-refractivity contribution in [2.45, 2.75) is 26.2 Å². The SMILES string of the molecule is CNc1ccnc(C(=O)NCC2CCC(C)C2)c1. The first-order chi connectivity index (χ1) is 8.69. The van der Waals surface area contributed by atoms with Gasteiger partial charge in [0, 0.05) is 25.5 Å². The van der Waals surface area contributed by atoms with Crippen LogP contribution in [0.1, 0.15) is 36.7 Å². The first kappa shape index (κ1) is 12.9. The van der Waals surface area contributed by atoms with Gasteiger partial charge in [0.1, 0.15) is 5.69 Å². The minimum absolute atomic E-state index is 0.0772. The Hall–Kier alpha value is -1.58. The fraction of sp³-hybridized carbons (Fsp3) is 0.571. The fourth-order valence-corrected chi connectivity index (χ4v) is 2.55. The summed E-state index contributed by atoms with van der Waals surface area (Å²) in [5.41, 5.74) is 1.39. The summed E-state index contributed by atoms with van der Waals surface area (Å²) in [6.07, 6.45) is 5.39. The lowest BCUT2D eigenvalue weighted by atomic mass is 10.1. The molecule has 0 aromatic carbocycles. The fourth-order valence-electron chi connectivity index (χ4n) is 2.55. The Kier molecular flexibility index (Phi) is 4.18. The molecule has 0 saturated heterocycles. The van der Waals surface area contributed by atoms with Gasteiger partial charge in [0.2, 0.25) is 0 Å². The van der Waals surface area contributed by atoms with Gasteiger partial charge in [-0.05, 0) is 36.8 Å². The van der Waals surface area contributed by atoms with E-state index in [-0.39, 0.29) is 5.91 Å². The molecule has 0 aliphatic heterocycles. The van der Waals surface area contributed by atoms with Gasteiger partial charge in [-0.15, -0.1) is 0 Å². The highest BCUT2D eigenvalue weighted by Gasteiger charge is 2.21. The molecule has 0 bridgehead atoms. The molecule has 98 valence electrons. The molecular weight excluding hydrogens is 226 g/mol. The smallest absolute Gasteiger partial charge is 0.269 e. The maximum absolute atomic E-state index is 11.9. The summed E-state index contributed by atoms with van der Waals surface area (Å²) < 4.78 is 0. The first-order valence-corrected chi connectivity index (χ1v) is 6.61. The largest absolute Gasteiger partial charge is 0.388 e. The van der Waals surface area contributed by atoms with Crippen molar-refractivity contribution in [1.82, 2.24) is 10.3 Å². The molecule has 1 heterocycles. The van der Waals surface area contributed by atoms with Gasteiger partial charge in [-0.2, -0.15) is 0 Å². The minimum atomic E-state index is -0.0772. The van der Waals surface area contributed by atoms with Gasteiger partial charge < -0.3 is 10.6 Å². The van der Waals surface area contributed by atoms with E-state index in [2.05, 4.69) is 22.5 Å². The molecule has 4 nitrogen and oxygen atoms in total. The highest BCUT2D eigenvalue weighted by Crippen LogP contribution is 2.29. The third-order valence-corrected chi connectivity index (χ3v) is 3.64. The van der Waals surface area contributed by atoms with Gasteiger partial charge in [-0.3, -0.25) is 9.78 Å². The molecule has 2 atom stereocenters. The van der Waals surface area contributed by atoms with E-state index in [0.29, 0.717) is 11.6 Å². The molecule has 1 amide bonds. The van der Waals surface area contributed by atoms with Crippen molar-refractivity contribution in [3.63, 3.8) is 0 Å². The van der Waals surface area contributed by atoms with Gasteiger partial charge in [0.25, 0.3) is 5.91 Å². The number of anilines is 1. The van der Waals surface area contributed by atoms with Gasteiger partial charge >= 0.3 is 0 Å². The molecular formula is C14H21N3O. The van der Waals surface area contributed by atoms with Gasteiger partial charge in [-0.1, -0.05) is 13.3 Å². The maximum atomic E-state index is 11.9. The quantitative estimate of drug-likeness (QED) is 0.858. The van der Waals surface area contributed by atoms with Crippen LogP contribution in [0, 0.1) is 11.8 Å². The van der Waals surface area contributed by atoms with E-state index in [1.807, 2.05) is 13.1 Å². The number of aromatic nitrogens is 1. The molecule has 2 rings (SSSR count). The molecule has 1 aliphatic rings. The van der Waals surface area contributed by atoms with Gasteiger partial charge in [0.15, 0.2) is 0 Å². The highest BCUT2D eigenvalue weighted by molar-refractivity contribution is 5.93. The topological polar surface area (TPSA) is 54.0 Å². The Bertz CT molecular complexity index is 419. The number of rotatable bonds is 4. The van der Waals surface area contributed by atoms with Crippen LogP contribution in [-0.2, 0) is 0 Å². The van der Waals surface area contributed by atoms with Crippen LogP contribution in [0.15, 0.2) is 18.3 Å². The lowest BCUT2D eigenvalue weighted by Crippen LogP contribution is -2.29. The van der Waals surface area contributed by atoms with Crippen LogP contribution >= 0.6 is 0 Å². The van der Waals surface area contributed by atoms with E-state index in [1.54, 1.807) is 12.3 Å². The Morgan fingerprint density at radius 1 is 1.50 bits per heavy atom. The normalized spacial score (nSPS) is 22.8. The van der Waals surface area contributed by atoms with Crippen LogP contribution in [0.2, 0.25) is 0 Å². The second-order valence-corrected chi connectivity index (χ2v) is 5.17. The number of hydrogen-bond acceptors (Lipinski definition) is 3. The molecule has 1 aromatic heterocycles. The summed E-state index contributed by atoms with van der Waals surface area (Å²) in [6, 6.07) is 3.61. The zero-order valence-electron chi connectivity index (χ0n) is 11.1. The van der Waals surface area contributed by atoms with Gasteiger partial charge in [0.05, 0.1) is 0 Å². The molecule has 1 aromatic rings. The number of nitrogens with one attached hydrogen (secondary N) is 2. The van der Waals surface area contributed by atoms with Crippen LogP contribution in [0.4, 0.5) is 5.69 Å². The van der Waals surface area contributed by atoms with Crippen molar-refractivity contribution in [3.8, 4) is 0 Å². The number of carbonyl (C=O) groups is 1. The van der Waals surface area contributed by atoms with Crippen molar-refractivity contribution in [3.05, 3.63) is 24.0 Å². The maximum Gasteiger partial charge on any atom is 0.269 e. The number of amides is 1. The predicted molar refractivity (Wildman–Crippen MR) is 72.6 cm³/mol. The van der Waals surface area contributed by atoms with E-state index in [1.165, 1.54) is 19.3 Å². The highest BCUT2D eigenvalue weighted by atomic mass is 16.1. The third-order valence-electron chi connectivity index (χ3n) is 3.64. The van der Waals surface area contributed by atoms with Gasteiger partial charge in [-0.25, -0.2) is 0 Å². The number of pyridine rings is 1. The molecule has 0 spiro atoms. The number of carbonyl (C=O) groups excluding carboxylic acids is 1. The van der Waals surface area contributed by atoms with Crippen molar-refractivity contribution in [2.75, 3.05) is 18.9 Å². The molecule has 1 fully saturated rings. The summed E-state index contributed by atoms with van der Waals surface area (Å²) in [4.78, 5) is 16.0. The average molecular weight is 247 g/mol. The van der Waals surface area contributed by atoms with Crippen LogP contribution in [-0.4, -0.2) is 24.5 Å². The summed E-state index contributed by atoms with van der Waals surface area (Å²) in [6.45, 7) is 3.05. The predicted octanol–water partition coefficient (Wildman–Crippen LogP) is 2.29. The van der Waals surface area contributed by atoms with Crippen molar-refractivity contribution < 1.29 is 4.79 Å². The minimum Gasteiger partial charge on any atom is -0.388 e. The zero-order valence-corrected chi connectivity index (χ0v) is 11.1. The second kappa shape index (κ2) is 5.85. The number of hydrogen-bond donors (Lipinski definition) is 2. The van der Waals surface area contributed by atoms with Crippen LogP contribution in [0.25, 0.3) is 0 Å². The molecule has 1 aliphatic carbocycles. The van der Waals surface area contributed by atoms with Crippen molar-refractivity contribution in [1.29, 1.82) is 0 Å². The average Bonchev–Trinajstić information content (AvgIpc) is 2.82. The van der Waals surface area contributed by atoms with E-state index < -0.39 is 0 Å². The van der Waals surface area contributed by atoms with E-state index in [9.17, 15) is 4.79 Å². The molecule has 18 heavy (non-hydrogen) atoms. The molecule has 1 saturated carbocycles. The third kappa shape index (κ3) is 3.22. The van der Waals surface area contributed by atoms with E-state index >= 15 is 0 Å². The van der Waals surface area contributed by atoms with Crippen LogP contribution in [0.5, 0.6) is 0 Å². The molecule has 0 radical (unpaired) electrons. The monoisotopic (exact) mass is 247 g/mol. The van der Waals surface area contributed by atoms with E-state index in [0.717, 1.165) is 18.2 Å². The summed E-state index contributed by atoms with van der Waals surface area (Å²) in [5, 5.41) is 5.99. The standard InChI is InChI=1S/C14H21N3O/c1-10-3-4-11(7-10)9-17-14(18)13-8-12(15-2)5-6-16-13/h5-6,8,10-11H,3-4,7,9H2,1-2H3,(H,15,16)(H,17,18). The molecule has 2 unspecified atom stereocenters. The summed E-state index contributed by atoms with van der Waals surface area (Å²) in [7, 11) is 1.83. The van der Waals surface area contributed by atoms with Crippen LogP contribution in [0.3, 0.4) is 0 Å². The zero-order chi connectivity index (χ0) is 13.0. The second-order valence-electron chi connectivity index (χ2n) is 5.17. The first-order valence-electron chi connectivity index (χ1n) is 6.61. The van der Waals surface area contributed by atoms with Crippen molar-refractivity contribution >= 4 is 11.6 Å². The molecule has 2 N–H and O–H groups in total. The van der Waals surface area contributed by atoms with Crippen molar-refractivity contribution in [2.24, 2.45) is 11.8 Å².